The van der Waals surface area contributed by atoms with Gasteiger partial charge in [0.15, 0.2) is 0 Å². The van der Waals surface area contributed by atoms with Crippen molar-refractivity contribution in [2.24, 2.45) is 0 Å². The molecule has 0 spiro atoms. The Hall–Kier alpha value is -10.0. The second-order valence-electron chi connectivity index (χ2n) is 19.7. The maximum atomic E-state index is 5.68. The van der Waals surface area contributed by atoms with Crippen molar-refractivity contribution >= 4 is 32.3 Å². The van der Waals surface area contributed by atoms with Crippen molar-refractivity contribution in [1.29, 1.82) is 0 Å². The van der Waals surface area contributed by atoms with Gasteiger partial charge in [0.2, 0.25) is 0 Å². The highest BCUT2D eigenvalue weighted by Gasteiger charge is 2.15. The number of fused-ring (bicyclic) bond motifs is 3. The fraction of sp³-hybridized carbons (Fsp3) is 0.0405. The van der Waals surface area contributed by atoms with Gasteiger partial charge in [-0.25, -0.2) is 4.98 Å². The van der Waals surface area contributed by atoms with E-state index in [9.17, 15) is 0 Å². The van der Waals surface area contributed by atoms with Gasteiger partial charge in [-0.15, -0.1) is 0 Å². The summed E-state index contributed by atoms with van der Waals surface area (Å²) in [5.41, 5.74) is 20.1. The summed E-state index contributed by atoms with van der Waals surface area (Å²) < 4.78 is 17.0. The fourth-order valence-corrected chi connectivity index (χ4v) is 11.1. The molecule has 4 heteroatoms. The number of hydrogen-bond acceptors (Lipinski definition) is 4. The molecule has 1 heterocycles. The van der Waals surface area contributed by atoms with E-state index in [0.29, 0.717) is 0 Å². The maximum Gasteiger partial charge on any atom is 0.126 e. The zero-order chi connectivity index (χ0) is 52.5. The third-order valence-electron chi connectivity index (χ3n) is 15.3. The molecule has 78 heavy (non-hydrogen) atoms. The van der Waals surface area contributed by atoms with Gasteiger partial charge in [-0.2, -0.15) is 0 Å². The number of methoxy groups -OCH3 is 3. The van der Waals surface area contributed by atoms with E-state index in [1.54, 1.807) is 21.3 Å². The minimum absolute atomic E-state index is 0.879. The zero-order valence-corrected chi connectivity index (χ0v) is 43.6. The smallest absolute Gasteiger partial charge is 0.126 e. The van der Waals surface area contributed by atoms with E-state index < -0.39 is 0 Å². The van der Waals surface area contributed by atoms with Crippen molar-refractivity contribution in [3.8, 4) is 118 Å². The summed E-state index contributed by atoms with van der Waals surface area (Å²) >= 11 is 0. The van der Waals surface area contributed by atoms with E-state index in [2.05, 4.69) is 267 Å². The molecule has 0 unspecified atom stereocenters. The van der Waals surface area contributed by atoms with Gasteiger partial charge >= 0.3 is 0 Å². The SMILES string of the molecule is COc1ccc(-c2ccc(-c3ccc(-c4cc(-c5ccc(-c6ccc(-c7ccc(OC)c8ccccc78)cc6)cc5)nc(-c5ccc(-c6ccc(-c7ccc(OC)c8ccccc78)cc6)cc5)c4)cc3)cc2)c2ccccc12. The number of ether oxygens (including phenoxy) is 3. The maximum absolute atomic E-state index is 5.68. The standard InChI is InChI=1S/C74H53NO3/c1-76-72-43-40-61(64-10-4-7-13-67(64)72)55-30-20-49(21-31-55)48-16-18-54(19-17-48)60-46-70(58-36-26-52(27-37-58)50-22-32-56(33-23-50)62-41-44-73(77-2)68-14-8-5-11-65(62)68)75-71(47-60)59-38-28-53(29-39-59)51-24-34-57(35-25-51)63-42-45-74(78-3)69-15-9-6-12-66(63)69/h4-47H,1-3H3. The van der Waals surface area contributed by atoms with Crippen LogP contribution in [-0.4, -0.2) is 26.3 Å². The number of pyridine rings is 1. The Morgan fingerprint density at radius 1 is 0.205 bits per heavy atom. The molecule has 0 atom stereocenters. The Bertz CT molecular complexity index is 3860. The van der Waals surface area contributed by atoms with Crippen LogP contribution in [0.2, 0.25) is 0 Å². The monoisotopic (exact) mass is 1000 g/mol. The van der Waals surface area contributed by atoms with Gasteiger partial charge in [0.1, 0.15) is 17.2 Å². The highest BCUT2D eigenvalue weighted by atomic mass is 16.5. The summed E-state index contributed by atoms with van der Waals surface area (Å²) in [5, 5.41) is 6.84. The molecule has 0 aliphatic heterocycles. The molecular weight excluding hydrogens is 951 g/mol. The van der Waals surface area contributed by atoms with Crippen molar-refractivity contribution in [2.45, 2.75) is 0 Å². The number of nitrogens with zero attached hydrogens (tertiary/aromatic N) is 1. The molecule has 13 aromatic rings. The second kappa shape index (κ2) is 20.6. The molecule has 372 valence electrons. The predicted octanol–water partition coefficient (Wildman–Crippen LogP) is 19.6. The van der Waals surface area contributed by atoms with Crippen LogP contribution in [0.25, 0.3) is 133 Å². The molecule has 0 aliphatic carbocycles. The Morgan fingerprint density at radius 2 is 0.423 bits per heavy atom. The van der Waals surface area contributed by atoms with Crippen LogP contribution >= 0.6 is 0 Å². The van der Waals surface area contributed by atoms with Crippen LogP contribution in [0.15, 0.2) is 267 Å². The van der Waals surface area contributed by atoms with Crippen LogP contribution < -0.4 is 14.2 Å². The van der Waals surface area contributed by atoms with E-state index in [4.69, 9.17) is 19.2 Å². The molecule has 0 fully saturated rings. The van der Waals surface area contributed by atoms with E-state index in [1.807, 2.05) is 0 Å². The lowest BCUT2D eigenvalue weighted by atomic mass is 9.94. The van der Waals surface area contributed by atoms with Crippen LogP contribution in [-0.2, 0) is 0 Å². The molecule has 0 saturated carbocycles. The van der Waals surface area contributed by atoms with Gasteiger partial charge in [-0.1, -0.05) is 237 Å². The van der Waals surface area contributed by atoms with Gasteiger partial charge in [0.05, 0.1) is 32.7 Å². The topological polar surface area (TPSA) is 40.6 Å². The highest BCUT2D eigenvalue weighted by molar-refractivity contribution is 6.02. The third-order valence-corrected chi connectivity index (χ3v) is 15.3. The van der Waals surface area contributed by atoms with Crippen LogP contribution in [0.3, 0.4) is 0 Å². The molecule has 0 aliphatic rings. The first-order valence-electron chi connectivity index (χ1n) is 26.3. The quantitative estimate of drug-likeness (QED) is 0.122. The lowest BCUT2D eigenvalue weighted by Crippen LogP contribution is -1.92. The molecule has 0 N–H and O–H groups in total. The Labute approximate surface area is 455 Å². The van der Waals surface area contributed by atoms with Crippen LogP contribution in [0.4, 0.5) is 0 Å². The van der Waals surface area contributed by atoms with Crippen molar-refractivity contribution in [1.82, 2.24) is 4.98 Å². The molecule has 0 amide bonds. The third kappa shape index (κ3) is 8.99. The average Bonchev–Trinajstić information content (AvgIpc) is 3.53. The number of aromatic nitrogens is 1. The van der Waals surface area contributed by atoms with E-state index >= 15 is 0 Å². The van der Waals surface area contributed by atoms with Crippen LogP contribution in [0.1, 0.15) is 0 Å². The Morgan fingerprint density at radius 3 is 0.679 bits per heavy atom. The molecule has 0 saturated heterocycles. The van der Waals surface area contributed by atoms with Crippen molar-refractivity contribution in [2.75, 3.05) is 21.3 Å². The summed E-state index contributed by atoms with van der Waals surface area (Å²) in [7, 11) is 5.18. The molecular formula is C74H53NO3. The first kappa shape index (κ1) is 47.7. The van der Waals surface area contributed by atoms with Crippen LogP contribution in [0.5, 0.6) is 17.2 Å². The summed E-state index contributed by atoms with van der Waals surface area (Å²) in [5.74, 6) is 2.64. The van der Waals surface area contributed by atoms with E-state index in [1.165, 1.54) is 38.4 Å². The van der Waals surface area contributed by atoms with Crippen molar-refractivity contribution in [3.63, 3.8) is 0 Å². The fourth-order valence-electron chi connectivity index (χ4n) is 11.1. The first-order chi connectivity index (χ1) is 38.5. The van der Waals surface area contributed by atoms with Gasteiger partial charge in [0, 0.05) is 27.3 Å². The second-order valence-corrected chi connectivity index (χ2v) is 19.7. The van der Waals surface area contributed by atoms with Crippen molar-refractivity contribution < 1.29 is 14.2 Å². The van der Waals surface area contributed by atoms with Gasteiger partial charge in [-0.05, 0) is 124 Å². The largest absolute Gasteiger partial charge is 0.496 e. The normalized spacial score (nSPS) is 11.3. The van der Waals surface area contributed by atoms with Crippen molar-refractivity contribution in [3.05, 3.63) is 267 Å². The van der Waals surface area contributed by atoms with Gasteiger partial charge < -0.3 is 14.2 Å². The molecule has 13 rings (SSSR count). The highest BCUT2D eigenvalue weighted by Crippen LogP contribution is 2.40. The minimum Gasteiger partial charge on any atom is -0.496 e. The molecule has 4 nitrogen and oxygen atoms in total. The lowest BCUT2D eigenvalue weighted by Gasteiger charge is -2.13. The predicted molar refractivity (Wildman–Crippen MR) is 325 cm³/mol. The Kier molecular flexibility index (Phi) is 12.6. The summed E-state index contributed by atoms with van der Waals surface area (Å²) in [6.45, 7) is 0. The average molecular weight is 1000 g/mol. The summed E-state index contributed by atoms with van der Waals surface area (Å²) in [4.78, 5) is 5.37. The summed E-state index contributed by atoms with van der Waals surface area (Å²) in [6, 6.07) is 95.4. The van der Waals surface area contributed by atoms with Gasteiger partial charge in [-0.3, -0.25) is 0 Å². The molecule has 0 bridgehead atoms. The number of benzene rings is 12. The number of rotatable bonds is 12. The molecule has 12 aromatic carbocycles. The summed E-state index contributed by atoms with van der Waals surface area (Å²) in [6.07, 6.45) is 0. The number of hydrogen-bond donors (Lipinski definition) is 0. The van der Waals surface area contributed by atoms with E-state index in [-0.39, 0.29) is 0 Å². The molecule has 1 aromatic heterocycles. The Balaban J connectivity index is 0.808. The zero-order valence-electron chi connectivity index (χ0n) is 43.6. The molecule has 0 radical (unpaired) electrons. The van der Waals surface area contributed by atoms with Gasteiger partial charge in [0.25, 0.3) is 0 Å². The first-order valence-corrected chi connectivity index (χ1v) is 26.3. The van der Waals surface area contributed by atoms with E-state index in [0.717, 1.165) is 112 Å². The minimum atomic E-state index is 0.879. The lowest BCUT2D eigenvalue weighted by molar-refractivity contribution is 0.420. The van der Waals surface area contributed by atoms with Crippen LogP contribution in [0, 0.1) is 0 Å².